The lowest BCUT2D eigenvalue weighted by Gasteiger charge is -2.17. The molecular weight excluding hydrogens is 466 g/mol. The van der Waals surface area contributed by atoms with Crippen LogP contribution in [0.15, 0.2) is 71.5 Å². The van der Waals surface area contributed by atoms with Crippen LogP contribution in [0.4, 0.5) is 5.82 Å². The summed E-state index contributed by atoms with van der Waals surface area (Å²) in [6.45, 7) is 8.29. The van der Waals surface area contributed by atoms with Crippen molar-refractivity contribution < 1.29 is 19.1 Å². The second-order valence-corrected chi connectivity index (χ2v) is 9.43. The number of aliphatic carboxylic acids is 1. The maximum absolute atomic E-state index is 12.9. The summed E-state index contributed by atoms with van der Waals surface area (Å²) >= 11 is 0. The SMILES string of the molecule is Cc1ccnc(NCc2coc(-c3ccc(C[C@H](NC(=O)c4c(C)cc(C)cc4C)C(=O)O)cc3)c2)c1. The number of hydrogen-bond donors (Lipinski definition) is 3. The van der Waals surface area contributed by atoms with Crippen molar-refractivity contribution in [2.45, 2.75) is 46.7 Å². The second kappa shape index (κ2) is 11.1. The Morgan fingerprint density at radius 1 is 0.919 bits per heavy atom. The number of nitrogens with one attached hydrogen (secondary N) is 2. The van der Waals surface area contributed by atoms with Crippen LogP contribution in [0.25, 0.3) is 11.3 Å². The summed E-state index contributed by atoms with van der Waals surface area (Å²) in [5.74, 6) is 0.0663. The van der Waals surface area contributed by atoms with Gasteiger partial charge in [0, 0.05) is 35.9 Å². The summed E-state index contributed by atoms with van der Waals surface area (Å²) in [6.07, 6.45) is 3.64. The van der Waals surface area contributed by atoms with Crippen LogP contribution >= 0.6 is 0 Å². The van der Waals surface area contributed by atoms with E-state index in [1.165, 1.54) is 0 Å². The van der Waals surface area contributed by atoms with E-state index in [2.05, 4.69) is 15.6 Å². The molecule has 2 heterocycles. The first-order valence-electron chi connectivity index (χ1n) is 12.1. The van der Waals surface area contributed by atoms with Crippen LogP contribution in [0.3, 0.4) is 0 Å². The molecule has 0 spiro atoms. The average molecular weight is 498 g/mol. The highest BCUT2D eigenvalue weighted by atomic mass is 16.4. The molecule has 2 aromatic heterocycles. The van der Waals surface area contributed by atoms with Gasteiger partial charge in [-0.05, 0) is 68.1 Å². The minimum absolute atomic E-state index is 0.169. The normalized spacial score (nSPS) is 11.7. The van der Waals surface area contributed by atoms with E-state index in [-0.39, 0.29) is 12.3 Å². The molecule has 0 fully saturated rings. The molecule has 4 aromatic rings. The van der Waals surface area contributed by atoms with E-state index >= 15 is 0 Å². The van der Waals surface area contributed by atoms with Crippen molar-refractivity contribution in [1.29, 1.82) is 0 Å². The van der Waals surface area contributed by atoms with Crippen LogP contribution in [0.1, 0.15) is 43.7 Å². The van der Waals surface area contributed by atoms with Crippen molar-refractivity contribution in [1.82, 2.24) is 10.3 Å². The molecule has 0 aliphatic heterocycles. The van der Waals surface area contributed by atoms with Crippen molar-refractivity contribution in [3.63, 3.8) is 0 Å². The van der Waals surface area contributed by atoms with E-state index in [0.717, 1.165) is 44.8 Å². The third kappa shape index (κ3) is 6.44. The number of aromatic nitrogens is 1. The summed E-state index contributed by atoms with van der Waals surface area (Å²) < 4.78 is 5.74. The largest absolute Gasteiger partial charge is 0.480 e. The number of carboxylic acids is 1. The van der Waals surface area contributed by atoms with Crippen molar-refractivity contribution in [2.75, 3.05) is 5.32 Å². The van der Waals surface area contributed by atoms with Gasteiger partial charge in [-0.1, -0.05) is 42.0 Å². The van der Waals surface area contributed by atoms with Crippen LogP contribution in [-0.4, -0.2) is 28.0 Å². The van der Waals surface area contributed by atoms with Gasteiger partial charge < -0.3 is 20.2 Å². The van der Waals surface area contributed by atoms with Gasteiger partial charge >= 0.3 is 5.97 Å². The number of aryl methyl sites for hydroxylation is 4. The standard InChI is InChI=1S/C30H31N3O4/c1-18-9-10-31-27(13-18)32-16-23-15-26(37-17-23)24-7-5-22(6-8-24)14-25(30(35)36)33-29(34)28-20(3)11-19(2)12-21(28)4/h5-13,15,17,25H,14,16H2,1-4H3,(H,31,32)(H,33,34)(H,35,36)/t25-/m0/s1. The van der Waals surface area contributed by atoms with E-state index in [1.807, 2.05) is 82.3 Å². The lowest BCUT2D eigenvalue weighted by molar-refractivity contribution is -0.139. The molecule has 0 aliphatic rings. The smallest absolute Gasteiger partial charge is 0.326 e. The van der Waals surface area contributed by atoms with Gasteiger partial charge in [-0.3, -0.25) is 4.79 Å². The van der Waals surface area contributed by atoms with Gasteiger partial charge in [0.25, 0.3) is 5.91 Å². The first-order valence-corrected chi connectivity index (χ1v) is 12.1. The molecule has 0 bridgehead atoms. The molecule has 0 radical (unpaired) electrons. The predicted molar refractivity (Wildman–Crippen MR) is 144 cm³/mol. The van der Waals surface area contributed by atoms with E-state index < -0.39 is 12.0 Å². The fraction of sp³-hybridized carbons (Fsp3) is 0.233. The highest BCUT2D eigenvalue weighted by Gasteiger charge is 2.23. The van der Waals surface area contributed by atoms with Crippen LogP contribution < -0.4 is 10.6 Å². The summed E-state index contributed by atoms with van der Waals surface area (Å²) in [6, 6.07) is 16.2. The minimum Gasteiger partial charge on any atom is -0.480 e. The Kier molecular flexibility index (Phi) is 7.72. The fourth-order valence-electron chi connectivity index (χ4n) is 4.45. The zero-order valence-corrected chi connectivity index (χ0v) is 21.5. The molecule has 37 heavy (non-hydrogen) atoms. The number of carbonyl (C=O) groups is 2. The molecule has 7 nitrogen and oxygen atoms in total. The Bertz CT molecular complexity index is 1400. The lowest BCUT2D eigenvalue weighted by atomic mass is 9.98. The maximum atomic E-state index is 12.9. The molecule has 7 heteroatoms. The quantitative estimate of drug-likeness (QED) is 0.278. The number of rotatable bonds is 9. The number of carboxylic acid groups (broad SMARTS) is 1. The Balaban J connectivity index is 1.40. The summed E-state index contributed by atoms with van der Waals surface area (Å²) in [5.41, 5.74) is 7.03. The van der Waals surface area contributed by atoms with Gasteiger partial charge in [0.15, 0.2) is 0 Å². The van der Waals surface area contributed by atoms with Gasteiger partial charge in [-0.15, -0.1) is 0 Å². The van der Waals surface area contributed by atoms with Crippen LogP contribution in [0.5, 0.6) is 0 Å². The molecule has 0 saturated carbocycles. The summed E-state index contributed by atoms with van der Waals surface area (Å²) in [5, 5.41) is 15.7. The molecule has 3 N–H and O–H groups in total. The maximum Gasteiger partial charge on any atom is 0.326 e. The highest BCUT2D eigenvalue weighted by molar-refractivity contribution is 5.99. The first-order chi connectivity index (χ1) is 17.7. The van der Waals surface area contributed by atoms with Crippen molar-refractivity contribution in [3.8, 4) is 11.3 Å². The summed E-state index contributed by atoms with van der Waals surface area (Å²) in [4.78, 5) is 29.1. The van der Waals surface area contributed by atoms with Crippen LogP contribution in [0.2, 0.25) is 0 Å². The van der Waals surface area contributed by atoms with E-state index in [0.29, 0.717) is 17.9 Å². The number of amides is 1. The monoisotopic (exact) mass is 497 g/mol. The van der Waals surface area contributed by atoms with Crippen molar-refractivity contribution in [3.05, 3.63) is 106 Å². The van der Waals surface area contributed by atoms with Gasteiger partial charge in [-0.25, -0.2) is 9.78 Å². The zero-order valence-electron chi connectivity index (χ0n) is 21.5. The Morgan fingerprint density at radius 3 is 2.27 bits per heavy atom. The second-order valence-electron chi connectivity index (χ2n) is 9.43. The Hall–Kier alpha value is -4.39. The molecule has 0 saturated heterocycles. The molecule has 2 aromatic carbocycles. The lowest BCUT2D eigenvalue weighted by Crippen LogP contribution is -2.42. The van der Waals surface area contributed by atoms with Crippen LogP contribution in [0, 0.1) is 27.7 Å². The third-order valence-corrected chi connectivity index (χ3v) is 6.23. The predicted octanol–water partition coefficient (Wildman–Crippen LogP) is 5.61. The number of hydrogen-bond acceptors (Lipinski definition) is 5. The van der Waals surface area contributed by atoms with Gasteiger partial charge in [0.2, 0.25) is 0 Å². The minimum atomic E-state index is -1.08. The molecule has 0 aliphatic carbocycles. The van der Waals surface area contributed by atoms with E-state index in [4.69, 9.17) is 4.42 Å². The molecule has 0 unspecified atom stereocenters. The molecule has 1 amide bonds. The highest BCUT2D eigenvalue weighted by Crippen LogP contribution is 2.24. The molecular formula is C30H31N3O4. The van der Waals surface area contributed by atoms with Crippen molar-refractivity contribution >= 4 is 17.7 Å². The Morgan fingerprint density at radius 2 is 1.62 bits per heavy atom. The number of anilines is 1. The number of carbonyl (C=O) groups excluding carboxylic acids is 1. The van der Waals surface area contributed by atoms with E-state index in [9.17, 15) is 14.7 Å². The number of furan rings is 1. The molecule has 4 rings (SSSR count). The van der Waals surface area contributed by atoms with Gasteiger partial charge in [-0.2, -0.15) is 0 Å². The molecule has 190 valence electrons. The average Bonchev–Trinajstić information content (AvgIpc) is 3.31. The zero-order chi connectivity index (χ0) is 26.5. The van der Waals surface area contributed by atoms with Gasteiger partial charge in [0.05, 0.1) is 6.26 Å². The van der Waals surface area contributed by atoms with Crippen molar-refractivity contribution in [2.24, 2.45) is 0 Å². The molecule has 1 atom stereocenters. The first kappa shape index (κ1) is 25.7. The summed E-state index contributed by atoms with van der Waals surface area (Å²) in [7, 11) is 0. The van der Waals surface area contributed by atoms with Gasteiger partial charge in [0.1, 0.15) is 17.6 Å². The number of pyridine rings is 1. The van der Waals surface area contributed by atoms with Crippen LogP contribution in [-0.2, 0) is 17.8 Å². The van der Waals surface area contributed by atoms with E-state index in [1.54, 1.807) is 12.5 Å². The number of nitrogens with zero attached hydrogens (tertiary/aromatic N) is 1. The third-order valence-electron chi connectivity index (χ3n) is 6.23. The topological polar surface area (TPSA) is 104 Å². The number of benzene rings is 2. The Labute approximate surface area is 216 Å². The fourth-order valence-corrected chi connectivity index (χ4v) is 4.45.